The minimum Gasteiger partial charge on any atom is -0.454 e. The molecule has 0 unspecified atom stereocenters. The van der Waals surface area contributed by atoms with Gasteiger partial charge in [-0.2, -0.15) is 0 Å². The molecule has 0 saturated carbocycles. The molecule has 2 heteroatoms. The van der Waals surface area contributed by atoms with E-state index in [2.05, 4.69) is 56.9 Å². The summed E-state index contributed by atoms with van der Waals surface area (Å²) in [6.45, 7) is 8.77. The summed E-state index contributed by atoms with van der Waals surface area (Å²) >= 11 is 0. The number of benzene rings is 1. The molecule has 0 aliphatic rings. The summed E-state index contributed by atoms with van der Waals surface area (Å²) < 4.78 is 5.94. The minimum atomic E-state index is 0.498. The van der Waals surface area contributed by atoms with E-state index in [0.29, 0.717) is 11.8 Å². The highest BCUT2D eigenvalue weighted by molar-refractivity contribution is 6.03. The van der Waals surface area contributed by atoms with Crippen LogP contribution in [0.3, 0.4) is 0 Å². The topological polar surface area (TPSA) is 28.9 Å². The largest absolute Gasteiger partial charge is 0.454 e. The van der Waals surface area contributed by atoms with Gasteiger partial charge in [-0.3, -0.25) is 0 Å². The van der Waals surface area contributed by atoms with Crippen molar-refractivity contribution in [2.45, 2.75) is 39.5 Å². The summed E-state index contributed by atoms with van der Waals surface area (Å²) in [4.78, 5) is 3.47. The van der Waals surface area contributed by atoms with Crippen molar-refractivity contribution in [2.75, 3.05) is 0 Å². The van der Waals surface area contributed by atoms with Gasteiger partial charge in [-0.05, 0) is 29.5 Å². The van der Waals surface area contributed by atoms with E-state index in [1.807, 2.05) is 0 Å². The lowest BCUT2D eigenvalue weighted by Crippen LogP contribution is -1.86. The van der Waals surface area contributed by atoms with Crippen molar-refractivity contribution in [3.8, 4) is 0 Å². The summed E-state index contributed by atoms with van der Waals surface area (Å²) in [6, 6.07) is 8.63. The molecule has 3 rings (SSSR count). The van der Waals surface area contributed by atoms with Crippen molar-refractivity contribution in [3.63, 3.8) is 0 Å². The summed E-state index contributed by atoms with van der Waals surface area (Å²) in [5.41, 5.74) is 5.64. The highest BCUT2D eigenvalue weighted by atomic mass is 16.3. The van der Waals surface area contributed by atoms with Crippen LogP contribution in [0.5, 0.6) is 0 Å². The number of furan rings is 1. The molecule has 2 heterocycles. The zero-order valence-electron chi connectivity index (χ0n) is 11.4. The Morgan fingerprint density at radius 3 is 2.39 bits per heavy atom. The lowest BCUT2D eigenvalue weighted by atomic mass is 10.0. The van der Waals surface area contributed by atoms with Crippen molar-refractivity contribution in [1.29, 1.82) is 0 Å². The molecule has 1 aromatic carbocycles. The number of nitrogens with one attached hydrogen (secondary N) is 1. The maximum Gasteiger partial charge on any atom is 0.153 e. The van der Waals surface area contributed by atoms with Gasteiger partial charge in [0.25, 0.3) is 0 Å². The second kappa shape index (κ2) is 3.91. The lowest BCUT2D eigenvalue weighted by Gasteiger charge is -2.04. The fraction of sp³-hybridized carbons (Fsp3) is 0.375. The molecule has 0 amide bonds. The highest BCUT2D eigenvalue weighted by Crippen LogP contribution is 2.32. The minimum absolute atomic E-state index is 0.498. The molecule has 2 nitrogen and oxygen atoms in total. The second-order valence-corrected chi connectivity index (χ2v) is 5.63. The normalized spacial score (nSPS) is 12.3. The number of hydrogen-bond donors (Lipinski definition) is 1. The van der Waals surface area contributed by atoms with Crippen LogP contribution in [-0.4, -0.2) is 4.98 Å². The van der Waals surface area contributed by atoms with Gasteiger partial charge in [0, 0.05) is 17.1 Å². The molecule has 1 N–H and O–H groups in total. The third-order valence-corrected chi connectivity index (χ3v) is 3.59. The van der Waals surface area contributed by atoms with Crippen LogP contribution in [0.1, 0.15) is 50.8 Å². The first kappa shape index (κ1) is 11.4. The third-order valence-electron chi connectivity index (χ3n) is 3.59. The van der Waals surface area contributed by atoms with Crippen molar-refractivity contribution < 1.29 is 4.42 Å². The van der Waals surface area contributed by atoms with Crippen LogP contribution in [0.2, 0.25) is 0 Å². The Balaban J connectivity index is 2.23. The highest BCUT2D eigenvalue weighted by Gasteiger charge is 2.13. The summed E-state index contributed by atoms with van der Waals surface area (Å²) in [5, 5.41) is 1.18. The van der Waals surface area contributed by atoms with Gasteiger partial charge in [-0.15, -0.1) is 0 Å². The Bertz CT molecular complexity index is 691. The van der Waals surface area contributed by atoms with Crippen molar-refractivity contribution in [2.24, 2.45) is 0 Å². The van der Waals surface area contributed by atoms with E-state index in [-0.39, 0.29) is 0 Å². The van der Waals surface area contributed by atoms with Gasteiger partial charge in [0.2, 0.25) is 0 Å². The molecule has 94 valence electrons. The standard InChI is InChI=1S/C16H19NO/c1-9(2)11-5-6-12-14(7-11)18-15-8-13(10(3)4)17-16(12)15/h5-10,17H,1-4H3. The zero-order chi connectivity index (χ0) is 12.9. The Hall–Kier alpha value is -1.70. The number of rotatable bonds is 2. The summed E-state index contributed by atoms with van der Waals surface area (Å²) in [7, 11) is 0. The molecular formula is C16H19NO. The number of aromatic amines is 1. The molecule has 0 radical (unpaired) electrons. The molecule has 0 spiro atoms. The second-order valence-electron chi connectivity index (χ2n) is 5.63. The zero-order valence-corrected chi connectivity index (χ0v) is 11.4. The van der Waals surface area contributed by atoms with Crippen LogP contribution in [0.25, 0.3) is 22.1 Å². The van der Waals surface area contributed by atoms with Gasteiger partial charge in [-0.1, -0.05) is 33.8 Å². The molecule has 0 saturated heterocycles. The molecule has 0 atom stereocenters. The van der Waals surface area contributed by atoms with Crippen LogP contribution in [0, 0.1) is 0 Å². The van der Waals surface area contributed by atoms with Crippen LogP contribution in [0.15, 0.2) is 28.7 Å². The van der Waals surface area contributed by atoms with Gasteiger partial charge in [0.15, 0.2) is 5.58 Å². The molecule has 0 fully saturated rings. The average Bonchev–Trinajstić information content (AvgIpc) is 2.84. The van der Waals surface area contributed by atoms with Gasteiger partial charge < -0.3 is 9.40 Å². The van der Waals surface area contributed by atoms with Crippen molar-refractivity contribution in [3.05, 3.63) is 35.5 Å². The Morgan fingerprint density at radius 2 is 1.72 bits per heavy atom. The van der Waals surface area contributed by atoms with E-state index in [1.165, 1.54) is 16.6 Å². The molecule has 0 aliphatic heterocycles. The maximum absolute atomic E-state index is 5.94. The van der Waals surface area contributed by atoms with E-state index < -0.39 is 0 Å². The van der Waals surface area contributed by atoms with Crippen LogP contribution in [0.4, 0.5) is 0 Å². The Kier molecular flexibility index (Phi) is 2.47. The third kappa shape index (κ3) is 1.64. The van der Waals surface area contributed by atoms with E-state index in [4.69, 9.17) is 4.42 Å². The smallest absolute Gasteiger partial charge is 0.153 e. The van der Waals surface area contributed by atoms with Crippen LogP contribution < -0.4 is 0 Å². The number of hydrogen-bond acceptors (Lipinski definition) is 1. The molecule has 18 heavy (non-hydrogen) atoms. The van der Waals surface area contributed by atoms with Gasteiger partial charge in [-0.25, -0.2) is 0 Å². The number of aromatic nitrogens is 1. The Morgan fingerprint density at radius 1 is 0.944 bits per heavy atom. The fourth-order valence-corrected chi connectivity index (χ4v) is 2.35. The molecule has 2 aromatic heterocycles. The molecule has 3 aromatic rings. The fourth-order valence-electron chi connectivity index (χ4n) is 2.35. The van der Waals surface area contributed by atoms with Gasteiger partial charge >= 0.3 is 0 Å². The first-order chi connectivity index (χ1) is 8.56. The summed E-state index contributed by atoms with van der Waals surface area (Å²) in [6.07, 6.45) is 0. The first-order valence-corrected chi connectivity index (χ1v) is 6.61. The van der Waals surface area contributed by atoms with E-state index in [0.717, 1.165) is 16.7 Å². The first-order valence-electron chi connectivity index (χ1n) is 6.61. The van der Waals surface area contributed by atoms with E-state index in [9.17, 15) is 0 Å². The van der Waals surface area contributed by atoms with E-state index in [1.54, 1.807) is 0 Å². The Labute approximate surface area is 107 Å². The number of H-pyrrole nitrogens is 1. The van der Waals surface area contributed by atoms with Crippen molar-refractivity contribution in [1.82, 2.24) is 4.98 Å². The van der Waals surface area contributed by atoms with Crippen LogP contribution in [-0.2, 0) is 0 Å². The molecule has 0 bridgehead atoms. The van der Waals surface area contributed by atoms with Crippen molar-refractivity contribution >= 4 is 22.1 Å². The number of fused-ring (bicyclic) bond motifs is 3. The maximum atomic E-state index is 5.94. The summed E-state index contributed by atoms with van der Waals surface area (Å²) in [5.74, 6) is 1.03. The van der Waals surface area contributed by atoms with E-state index >= 15 is 0 Å². The molecule has 0 aliphatic carbocycles. The quantitative estimate of drug-likeness (QED) is 0.659. The average molecular weight is 241 g/mol. The van der Waals surface area contributed by atoms with Gasteiger partial charge in [0.1, 0.15) is 5.58 Å². The predicted octanol–water partition coefficient (Wildman–Crippen LogP) is 5.16. The molecular weight excluding hydrogens is 222 g/mol. The van der Waals surface area contributed by atoms with Gasteiger partial charge in [0.05, 0.1) is 5.52 Å². The monoisotopic (exact) mass is 241 g/mol. The lowest BCUT2D eigenvalue weighted by molar-refractivity contribution is 0.667. The predicted molar refractivity (Wildman–Crippen MR) is 76.2 cm³/mol. The van der Waals surface area contributed by atoms with Crippen LogP contribution >= 0.6 is 0 Å². The SMILES string of the molecule is CC(C)c1ccc2c(c1)oc1cc(C(C)C)[nH]c12.